The second kappa shape index (κ2) is 7.73. The number of nitrogens with one attached hydrogen (secondary N) is 3. The highest BCUT2D eigenvalue weighted by atomic mass is 16.5. The van der Waals surface area contributed by atoms with E-state index in [1.165, 1.54) is 32.1 Å². The molecule has 1 fully saturated rings. The smallest absolute Gasteiger partial charge is 0.399 e. The molecule has 140 valence electrons. The lowest BCUT2D eigenvalue weighted by Gasteiger charge is -2.21. The first kappa shape index (κ1) is 17.5. The van der Waals surface area contributed by atoms with Gasteiger partial charge in [-0.05, 0) is 54.9 Å². The lowest BCUT2D eigenvalue weighted by Crippen LogP contribution is -2.21. The second-order valence-electron chi connectivity index (χ2n) is 7.09. The van der Waals surface area contributed by atoms with Crippen LogP contribution < -0.4 is 15.0 Å². The Kier molecular flexibility index (Phi) is 5.00. The van der Waals surface area contributed by atoms with Crippen molar-refractivity contribution in [1.29, 1.82) is 0 Å². The number of H-pyrrole nitrogens is 2. The molecular formula is C20H24N5O2+. The molecule has 0 atom stereocenters. The molecule has 3 N–H and O–H groups in total. The van der Waals surface area contributed by atoms with E-state index in [1.54, 1.807) is 25.4 Å². The van der Waals surface area contributed by atoms with Crippen molar-refractivity contribution in [2.45, 2.75) is 39.0 Å². The number of anilines is 2. The molecule has 1 aliphatic rings. The van der Waals surface area contributed by atoms with Gasteiger partial charge in [0.1, 0.15) is 0 Å². The van der Waals surface area contributed by atoms with Gasteiger partial charge >= 0.3 is 5.95 Å². The van der Waals surface area contributed by atoms with Gasteiger partial charge in [-0.25, -0.2) is 15.3 Å². The maximum absolute atomic E-state index is 11.4. The Morgan fingerprint density at radius 1 is 1.26 bits per heavy atom. The Balaban J connectivity index is 1.53. The lowest BCUT2D eigenvalue weighted by atomic mass is 9.90. The predicted octanol–water partition coefficient (Wildman–Crippen LogP) is 3.68. The molecule has 3 aromatic rings. The highest BCUT2D eigenvalue weighted by Crippen LogP contribution is 2.25. The van der Waals surface area contributed by atoms with E-state index in [9.17, 15) is 4.79 Å². The van der Waals surface area contributed by atoms with Crippen molar-refractivity contribution in [3.63, 3.8) is 0 Å². The summed E-state index contributed by atoms with van der Waals surface area (Å²) in [6.07, 6.45) is 7.98. The summed E-state index contributed by atoms with van der Waals surface area (Å²) in [6.45, 7) is 2.25. The summed E-state index contributed by atoms with van der Waals surface area (Å²) in [7, 11) is 0. The average molecular weight is 366 g/mol. The summed E-state index contributed by atoms with van der Waals surface area (Å²) in [4.78, 5) is 26.5. The molecule has 7 heteroatoms. The van der Waals surface area contributed by atoms with Crippen LogP contribution in [0.5, 0.6) is 5.88 Å². The van der Waals surface area contributed by atoms with Crippen molar-refractivity contribution in [2.75, 3.05) is 11.9 Å². The van der Waals surface area contributed by atoms with Gasteiger partial charge in [0.2, 0.25) is 0 Å². The topological polar surface area (TPSA) is 94.0 Å². The van der Waals surface area contributed by atoms with Crippen LogP contribution in [-0.4, -0.2) is 27.3 Å². The van der Waals surface area contributed by atoms with E-state index in [1.807, 2.05) is 12.1 Å². The number of nitrogens with zero attached hydrogens (tertiary/aromatic N) is 2. The van der Waals surface area contributed by atoms with Gasteiger partial charge in [-0.2, -0.15) is 0 Å². The zero-order chi connectivity index (χ0) is 18.6. The average Bonchev–Trinajstić information content (AvgIpc) is 3.16. The highest BCUT2D eigenvalue weighted by molar-refractivity contribution is 5.94. The van der Waals surface area contributed by atoms with Crippen LogP contribution in [0.3, 0.4) is 0 Å². The summed E-state index contributed by atoms with van der Waals surface area (Å²) in [6, 6.07) is 7.28. The van der Waals surface area contributed by atoms with Crippen LogP contribution in [0.25, 0.3) is 11.2 Å². The van der Waals surface area contributed by atoms with Gasteiger partial charge in [-0.3, -0.25) is 4.79 Å². The van der Waals surface area contributed by atoms with E-state index in [2.05, 4.69) is 25.3 Å². The fourth-order valence-corrected chi connectivity index (χ4v) is 3.49. The van der Waals surface area contributed by atoms with E-state index < -0.39 is 0 Å². The van der Waals surface area contributed by atoms with Crippen molar-refractivity contribution in [2.24, 2.45) is 5.92 Å². The van der Waals surface area contributed by atoms with Gasteiger partial charge in [0.15, 0.2) is 11.3 Å². The zero-order valence-corrected chi connectivity index (χ0v) is 15.4. The maximum Gasteiger partial charge on any atom is 0.399 e. The van der Waals surface area contributed by atoms with Crippen LogP contribution in [0.1, 0.15) is 49.4 Å². The fraction of sp³-hybridized carbons (Fsp3) is 0.400. The predicted molar refractivity (Wildman–Crippen MR) is 102 cm³/mol. The van der Waals surface area contributed by atoms with Crippen LogP contribution in [0, 0.1) is 5.92 Å². The number of ketones is 1. The number of benzene rings is 1. The van der Waals surface area contributed by atoms with Gasteiger partial charge in [-0.1, -0.05) is 19.3 Å². The van der Waals surface area contributed by atoms with Crippen molar-refractivity contribution in [3.05, 3.63) is 36.2 Å². The number of aromatic nitrogens is 4. The molecule has 7 nitrogen and oxygen atoms in total. The minimum absolute atomic E-state index is 0.0441. The van der Waals surface area contributed by atoms with Crippen LogP contribution in [-0.2, 0) is 0 Å². The minimum Gasteiger partial charge on any atom is -0.466 e. The van der Waals surface area contributed by atoms with E-state index in [0.29, 0.717) is 35.6 Å². The number of Topliss-reactive ketones (excluding diaryl/α,β-unsaturated/α-hetero) is 1. The molecule has 4 rings (SSSR count). The molecule has 0 bridgehead atoms. The standard InChI is InChI=1S/C20H23N5O2/c1-13(26)15-7-9-16(10-8-15)23-20-24-18-17(21-12-22-18)19(25-20)27-11-14-5-3-2-4-6-14/h7-10,12,14H,2-6,11H2,1H3,(H2,21,22,23,24,25)/p+1. The van der Waals surface area contributed by atoms with E-state index in [-0.39, 0.29) is 5.78 Å². The second-order valence-corrected chi connectivity index (χ2v) is 7.09. The van der Waals surface area contributed by atoms with Crippen molar-refractivity contribution < 1.29 is 14.5 Å². The molecule has 1 saturated carbocycles. The molecule has 0 saturated heterocycles. The number of carbonyl (C=O) groups excluding carboxylic acids is 1. The van der Waals surface area contributed by atoms with Gasteiger partial charge in [0.25, 0.3) is 11.5 Å². The zero-order valence-electron chi connectivity index (χ0n) is 15.4. The van der Waals surface area contributed by atoms with Gasteiger partial charge in [0, 0.05) is 5.56 Å². The van der Waals surface area contributed by atoms with E-state index in [0.717, 1.165) is 11.2 Å². The van der Waals surface area contributed by atoms with Gasteiger partial charge in [-0.15, -0.1) is 0 Å². The Morgan fingerprint density at radius 3 is 2.78 bits per heavy atom. The Bertz CT molecular complexity index is 929. The highest BCUT2D eigenvalue weighted by Gasteiger charge is 2.20. The van der Waals surface area contributed by atoms with Gasteiger partial charge in [0.05, 0.1) is 18.6 Å². The molecular weight excluding hydrogens is 342 g/mol. The molecule has 0 aliphatic heterocycles. The van der Waals surface area contributed by atoms with Crippen LogP contribution in [0.2, 0.25) is 0 Å². The largest absolute Gasteiger partial charge is 0.466 e. The normalized spacial score (nSPS) is 15.0. The molecule has 2 heterocycles. The number of hydrogen-bond donors (Lipinski definition) is 2. The molecule has 27 heavy (non-hydrogen) atoms. The number of ether oxygens (including phenoxy) is 1. The molecule has 0 amide bonds. The van der Waals surface area contributed by atoms with E-state index >= 15 is 0 Å². The molecule has 0 spiro atoms. The number of carbonyl (C=O) groups is 1. The fourth-order valence-electron chi connectivity index (χ4n) is 3.49. The first-order chi connectivity index (χ1) is 13.2. The van der Waals surface area contributed by atoms with Crippen molar-refractivity contribution in [3.8, 4) is 5.88 Å². The summed E-state index contributed by atoms with van der Waals surface area (Å²) in [5.74, 6) is 1.84. The molecule has 0 radical (unpaired) electrons. The van der Waals surface area contributed by atoms with E-state index in [4.69, 9.17) is 4.74 Å². The maximum atomic E-state index is 11.4. The number of hydrogen-bond acceptors (Lipinski definition) is 5. The van der Waals surface area contributed by atoms with Crippen LogP contribution in [0.4, 0.5) is 11.6 Å². The monoisotopic (exact) mass is 366 g/mol. The van der Waals surface area contributed by atoms with Crippen molar-refractivity contribution in [1.82, 2.24) is 15.0 Å². The number of rotatable bonds is 6. The lowest BCUT2D eigenvalue weighted by molar-refractivity contribution is -0.380. The van der Waals surface area contributed by atoms with Crippen LogP contribution >= 0.6 is 0 Å². The summed E-state index contributed by atoms with van der Waals surface area (Å²) in [5.41, 5.74) is 2.87. The quantitative estimate of drug-likeness (QED) is 0.649. The molecule has 1 aromatic carbocycles. The number of fused-ring (bicyclic) bond motifs is 1. The SMILES string of the molecule is CC(=O)c1ccc(Nc2nc3nc[nH]c3c(OCC3CCCCC3)[nH+]2)cc1. The Hall–Kier alpha value is -2.96. The summed E-state index contributed by atoms with van der Waals surface area (Å²) < 4.78 is 6.09. The van der Waals surface area contributed by atoms with Crippen molar-refractivity contribution >= 4 is 28.6 Å². The van der Waals surface area contributed by atoms with Gasteiger partial charge < -0.3 is 9.72 Å². The molecule has 1 aliphatic carbocycles. The number of imidazole rings is 1. The third-order valence-electron chi connectivity index (χ3n) is 5.04. The first-order valence-corrected chi connectivity index (χ1v) is 9.46. The number of aromatic amines is 2. The first-order valence-electron chi connectivity index (χ1n) is 9.46. The molecule has 2 aromatic heterocycles. The minimum atomic E-state index is 0.0441. The summed E-state index contributed by atoms with van der Waals surface area (Å²) in [5, 5.41) is 3.22. The third-order valence-corrected chi connectivity index (χ3v) is 5.04. The Labute approximate surface area is 157 Å². The van der Waals surface area contributed by atoms with Crippen LogP contribution in [0.15, 0.2) is 30.6 Å². The summed E-state index contributed by atoms with van der Waals surface area (Å²) >= 11 is 0. The third kappa shape index (κ3) is 4.07. The molecule has 0 unspecified atom stereocenters. The Morgan fingerprint density at radius 2 is 2.04 bits per heavy atom.